The van der Waals surface area contributed by atoms with Crippen LogP contribution in [0.2, 0.25) is 0 Å². The lowest BCUT2D eigenvalue weighted by Gasteiger charge is -2.15. The first-order valence-corrected chi connectivity index (χ1v) is 4.73. The minimum Gasteiger partial charge on any atom is -0.252 e. The van der Waals surface area contributed by atoms with Gasteiger partial charge in [0.25, 0.3) is 0 Å². The van der Waals surface area contributed by atoms with Gasteiger partial charge < -0.3 is 0 Å². The van der Waals surface area contributed by atoms with E-state index in [1.165, 1.54) is 12.1 Å². The number of pyridine rings is 1. The van der Waals surface area contributed by atoms with Crippen LogP contribution in [-0.2, 0) is 6.18 Å². The molecule has 0 aliphatic carbocycles. The van der Waals surface area contributed by atoms with E-state index in [-0.39, 0.29) is 11.5 Å². The summed E-state index contributed by atoms with van der Waals surface area (Å²) < 4.78 is 37.4. The fourth-order valence-electron chi connectivity index (χ4n) is 1.15. The van der Waals surface area contributed by atoms with Crippen molar-refractivity contribution >= 4 is 12.6 Å². The molecule has 1 heterocycles. The zero-order chi connectivity index (χ0) is 10.8. The molecule has 0 saturated heterocycles. The second-order valence-corrected chi connectivity index (χ2v) is 3.39. The first-order chi connectivity index (χ1) is 6.46. The average molecular weight is 221 g/mol. The Labute approximate surface area is 85.8 Å². The summed E-state index contributed by atoms with van der Waals surface area (Å²) >= 11 is 3.97. The van der Waals surface area contributed by atoms with Gasteiger partial charge in [-0.2, -0.15) is 25.8 Å². The van der Waals surface area contributed by atoms with E-state index >= 15 is 0 Å². The monoisotopic (exact) mass is 221 g/mol. The van der Waals surface area contributed by atoms with E-state index in [0.717, 1.165) is 6.20 Å². The summed E-state index contributed by atoms with van der Waals surface area (Å²) in [5.41, 5.74) is -0.600. The Morgan fingerprint density at radius 1 is 1.50 bits per heavy atom. The van der Waals surface area contributed by atoms with Crippen LogP contribution in [0.3, 0.4) is 0 Å². The molecule has 0 radical (unpaired) electrons. The van der Waals surface area contributed by atoms with E-state index in [4.69, 9.17) is 0 Å². The second kappa shape index (κ2) is 4.21. The standard InChI is InChI=1S/C9H10F3NS/c1-6(5-14)7-3-2-4-13-8(7)9(10,11)12/h2-4,6,14H,5H2,1H3. The third-order valence-corrected chi connectivity index (χ3v) is 2.46. The summed E-state index contributed by atoms with van der Waals surface area (Å²) in [6.07, 6.45) is -3.23. The van der Waals surface area contributed by atoms with Crippen molar-refractivity contribution in [3.8, 4) is 0 Å². The van der Waals surface area contributed by atoms with Gasteiger partial charge in [-0.15, -0.1) is 0 Å². The molecule has 0 N–H and O–H groups in total. The highest BCUT2D eigenvalue weighted by molar-refractivity contribution is 7.80. The maximum atomic E-state index is 12.5. The van der Waals surface area contributed by atoms with Crippen molar-refractivity contribution in [3.63, 3.8) is 0 Å². The third kappa shape index (κ3) is 2.41. The second-order valence-electron chi connectivity index (χ2n) is 3.02. The van der Waals surface area contributed by atoms with Crippen LogP contribution in [0.25, 0.3) is 0 Å². The summed E-state index contributed by atoms with van der Waals surface area (Å²) in [6.45, 7) is 1.69. The van der Waals surface area contributed by atoms with Gasteiger partial charge in [-0.1, -0.05) is 13.0 Å². The molecule has 0 fully saturated rings. The summed E-state index contributed by atoms with van der Waals surface area (Å²) in [5, 5.41) is 0. The topological polar surface area (TPSA) is 12.9 Å². The highest BCUT2D eigenvalue weighted by atomic mass is 32.1. The SMILES string of the molecule is CC(CS)c1cccnc1C(F)(F)F. The fourth-order valence-corrected chi connectivity index (χ4v) is 1.35. The van der Waals surface area contributed by atoms with Crippen molar-refractivity contribution < 1.29 is 13.2 Å². The lowest BCUT2D eigenvalue weighted by Crippen LogP contribution is -2.13. The van der Waals surface area contributed by atoms with Crippen LogP contribution in [0, 0.1) is 0 Å². The number of thiol groups is 1. The predicted molar refractivity (Wildman–Crippen MR) is 51.5 cm³/mol. The number of rotatable bonds is 2. The summed E-state index contributed by atoms with van der Waals surface area (Å²) in [4.78, 5) is 3.36. The van der Waals surface area contributed by atoms with E-state index in [1.807, 2.05) is 0 Å². The van der Waals surface area contributed by atoms with E-state index < -0.39 is 11.9 Å². The number of hydrogen-bond donors (Lipinski definition) is 1. The molecule has 5 heteroatoms. The Morgan fingerprint density at radius 2 is 2.14 bits per heavy atom. The summed E-state index contributed by atoms with van der Waals surface area (Å²) in [5.74, 6) is 0.123. The van der Waals surface area contributed by atoms with Crippen LogP contribution < -0.4 is 0 Å². The van der Waals surface area contributed by atoms with Crippen molar-refractivity contribution in [3.05, 3.63) is 29.6 Å². The molecule has 1 unspecified atom stereocenters. The predicted octanol–water partition coefficient (Wildman–Crippen LogP) is 3.13. The van der Waals surface area contributed by atoms with Crippen LogP contribution in [0.4, 0.5) is 13.2 Å². The number of alkyl halides is 3. The van der Waals surface area contributed by atoms with Gasteiger partial charge in [0, 0.05) is 6.20 Å². The Balaban J connectivity index is 3.16. The molecular weight excluding hydrogens is 211 g/mol. The molecule has 0 aromatic carbocycles. The Bertz CT molecular complexity index is 311. The molecule has 78 valence electrons. The first kappa shape index (κ1) is 11.4. The van der Waals surface area contributed by atoms with Crippen molar-refractivity contribution in [1.82, 2.24) is 4.98 Å². The van der Waals surface area contributed by atoms with Gasteiger partial charge in [0.05, 0.1) is 0 Å². The van der Waals surface area contributed by atoms with Gasteiger partial charge in [0.1, 0.15) is 5.69 Å². The van der Waals surface area contributed by atoms with E-state index in [2.05, 4.69) is 17.6 Å². The van der Waals surface area contributed by atoms with Gasteiger partial charge in [-0.3, -0.25) is 4.98 Å². The largest absolute Gasteiger partial charge is 0.433 e. The average Bonchev–Trinajstić information content (AvgIpc) is 2.15. The minimum absolute atomic E-state index is 0.204. The highest BCUT2D eigenvalue weighted by Crippen LogP contribution is 2.33. The van der Waals surface area contributed by atoms with E-state index in [1.54, 1.807) is 6.92 Å². The molecule has 0 spiro atoms. The van der Waals surface area contributed by atoms with Crippen molar-refractivity contribution in [2.24, 2.45) is 0 Å². The first-order valence-electron chi connectivity index (χ1n) is 4.09. The van der Waals surface area contributed by atoms with Crippen molar-refractivity contribution in [2.75, 3.05) is 5.75 Å². The lowest BCUT2D eigenvalue weighted by molar-refractivity contribution is -0.141. The zero-order valence-electron chi connectivity index (χ0n) is 7.54. The summed E-state index contributed by atoms with van der Waals surface area (Å²) in [7, 11) is 0. The van der Waals surface area contributed by atoms with Gasteiger partial charge in [0.15, 0.2) is 0 Å². The number of hydrogen-bond acceptors (Lipinski definition) is 2. The zero-order valence-corrected chi connectivity index (χ0v) is 8.44. The molecule has 0 amide bonds. The molecule has 1 aromatic heterocycles. The maximum Gasteiger partial charge on any atom is 0.433 e. The molecule has 1 aromatic rings. The molecule has 1 rings (SSSR count). The molecule has 0 saturated carbocycles. The quantitative estimate of drug-likeness (QED) is 0.757. The molecule has 1 nitrogen and oxygen atoms in total. The molecule has 0 bridgehead atoms. The van der Waals surface area contributed by atoms with Gasteiger partial charge in [0.2, 0.25) is 0 Å². The fraction of sp³-hybridized carbons (Fsp3) is 0.444. The summed E-state index contributed by atoms with van der Waals surface area (Å²) in [6, 6.07) is 2.95. The van der Waals surface area contributed by atoms with E-state index in [9.17, 15) is 13.2 Å². The molecule has 1 atom stereocenters. The third-order valence-electron chi connectivity index (χ3n) is 1.91. The highest BCUT2D eigenvalue weighted by Gasteiger charge is 2.35. The smallest absolute Gasteiger partial charge is 0.252 e. The lowest BCUT2D eigenvalue weighted by atomic mass is 10.0. The van der Waals surface area contributed by atoms with Crippen LogP contribution in [-0.4, -0.2) is 10.7 Å². The molecule has 0 aliphatic heterocycles. The van der Waals surface area contributed by atoms with Gasteiger partial charge >= 0.3 is 6.18 Å². The normalized spacial score (nSPS) is 14.1. The number of nitrogens with zero attached hydrogens (tertiary/aromatic N) is 1. The Hall–Kier alpha value is -0.710. The maximum absolute atomic E-state index is 12.5. The van der Waals surface area contributed by atoms with Crippen LogP contribution in [0.1, 0.15) is 24.1 Å². The number of aromatic nitrogens is 1. The van der Waals surface area contributed by atoms with Crippen LogP contribution >= 0.6 is 12.6 Å². The van der Waals surface area contributed by atoms with Crippen LogP contribution in [0.5, 0.6) is 0 Å². The van der Waals surface area contributed by atoms with E-state index in [0.29, 0.717) is 5.75 Å². The molecular formula is C9H10F3NS. The Kier molecular flexibility index (Phi) is 3.42. The Morgan fingerprint density at radius 3 is 2.64 bits per heavy atom. The molecule has 14 heavy (non-hydrogen) atoms. The van der Waals surface area contributed by atoms with Crippen LogP contribution in [0.15, 0.2) is 18.3 Å². The minimum atomic E-state index is -4.38. The van der Waals surface area contributed by atoms with Crippen molar-refractivity contribution in [2.45, 2.75) is 19.0 Å². The van der Waals surface area contributed by atoms with Gasteiger partial charge in [-0.25, -0.2) is 0 Å². The number of halogens is 3. The molecule has 0 aliphatic rings. The van der Waals surface area contributed by atoms with Crippen molar-refractivity contribution in [1.29, 1.82) is 0 Å². The van der Waals surface area contributed by atoms with Gasteiger partial charge in [-0.05, 0) is 23.3 Å².